The summed E-state index contributed by atoms with van der Waals surface area (Å²) in [5.74, 6) is 1.87. The molecule has 0 unspecified atom stereocenters. The number of hydrogen-bond acceptors (Lipinski definition) is 5. The van der Waals surface area contributed by atoms with Crippen LogP contribution in [0.5, 0.6) is 11.5 Å². The third-order valence-electron chi connectivity index (χ3n) is 4.81. The van der Waals surface area contributed by atoms with Crippen molar-refractivity contribution in [3.8, 4) is 11.5 Å². The zero-order valence-electron chi connectivity index (χ0n) is 17.4. The third-order valence-corrected chi connectivity index (χ3v) is 4.81. The van der Waals surface area contributed by atoms with Crippen molar-refractivity contribution in [3.05, 3.63) is 70.6 Å². The van der Waals surface area contributed by atoms with Crippen LogP contribution >= 0.6 is 0 Å². The molecule has 1 heterocycles. The molecular formula is C23H26N2O4. The highest BCUT2D eigenvalue weighted by Crippen LogP contribution is 2.30. The van der Waals surface area contributed by atoms with Crippen LogP contribution in [0.2, 0.25) is 0 Å². The molecule has 0 atom stereocenters. The maximum Gasteiger partial charge on any atom is 0.255 e. The van der Waals surface area contributed by atoms with Gasteiger partial charge in [-0.3, -0.25) is 4.79 Å². The summed E-state index contributed by atoms with van der Waals surface area (Å²) in [5.41, 5.74) is 4.09. The molecule has 0 aliphatic carbocycles. The van der Waals surface area contributed by atoms with E-state index in [0.29, 0.717) is 29.6 Å². The van der Waals surface area contributed by atoms with E-state index in [-0.39, 0.29) is 5.91 Å². The minimum atomic E-state index is -0.200. The molecular weight excluding hydrogens is 368 g/mol. The van der Waals surface area contributed by atoms with Gasteiger partial charge in [-0.1, -0.05) is 37.2 Å². The van der Waals surface area contributed by atoms with Gasteiger partial charge in [0.15, 0.2) is 11.5 Å². The summed E-state index contributed by atoms with van der Waals surface area (Å²) < 4.78 is 16.5. The number of methoxy groups -OCH3 is 1. The number of carbonyl (C=O) groups excluding carboxylic acids is 1. The Kier molecular flexibility index (Phi) is 6.22. The Bertz CT molecular complexity index is 988. The van der Waals surface area contributed by atoms with Crippen LogP contribution < -0.4 is 14.8 Å². The highest BCUT2D eigenvalue weighted by atomic mass is 16.5. The Hall–Kier alpha value is -3.28. The summed E-state index contributed by atoms with van der Waals surface area (Å²) in [6.07, 6.45) is 0. The van der Waals surface area contributed by atoms with Crippen molar-refractivity contribution in [3.63, 3.8) is 0 Å². The Morgan fingerprint density at radius 2 is 1.90 bits per heavy atom. The molecule has 1 aromatic heterocycles. The van der Waals surface area contributed by atoms with Crippen molar-refractivity contribution in [2.24, 2.45) is 0 Å². The number of aryl methyl sites for hydroxylation is 2. The number of anilines is 1. The van der Waals surface area contributed by atoms with Gasteiger partial charge >= 0.3 is 0 Å². The zero-order valence-corrected chi connectivity index (χ0v) is 17.4. The molecule has 0 aliphatic heterocycles. The van der Waals surface area contributed by atoms with Crippen LogP contribution in [0.15, 0.2) is 47.0 Å². The van der Waals surface area contributed by atoms with E-state index in [0.717, 1.165) is 28.3 Å². The van der Waals surface area contributed by atoms with Crippen LogP contribution in [0, 0.1) is 13.8 Å². The first kappa shape index (κ1) is 20.5. The van der Waals surface area contributed by atoms with Crippen LogP contribution in [0.4, 0.5) is 5.69 Å². The number of nitrogens with one attached hydrogen (secondary N) is 1. The quantitative estimate of drug-likeness (QED) is 0.592. The van der Waals surface area contributed by atoms with E-state index in [9.17, 15) is 4.79 Å². The fourth-order valence-electron chi connectivity index (χ4n) is 3.09. The number of para-hydroxylation sites is 1. The number of hydrogen-bond donors (Lipinski definition) is 1. The summed E-state index contributed by atoms with van der Waals surface area (Å²) in [7, 11) is 1.55. The van der Waals surface area contributed by atoms with Crippen molar-refractivity contribution in [2.75, 3.05) is 12.4 Å². The number of rotatable bonds is 7. The first-order valence-electron chi connectivity index (χ1n) is 9.53. The number of benzene rings is 2. The smallest absolute Gasteiger partial charge is 0.255 e. The average molecular weight is 394 g/mol. The first-order valence-corrected chi connectivity index (χ1v) is 9.53. The molecule has 0 saturated carbocycles. The molecule has 0 saturated heterocycles. The van der Waals surface area contributed by atoms with E-state index in [2.05, 4.69) is 24.3 Å². The molecule has 3 rings (SSSR count). The van der Waals surface area contributed by atoms with Crippen molar-refractivity contribution < 1.29 is 18.8 Å². The summed E-state index contributed by atoms with van der Waals surface area (Å²) in [6.45, 7) is 8.22. The van der Waals surface area contributed by atoms with Crippen molar-refractivity contribution in [1.82, 2.24) is 5.16 Å². The van der Waals surface area contributed by atoms with E-state index in [1.54, 1.807) is 25.3 Å². The second-order valence-electron chi connectivity index (χ2n) is 7.15. The van der Waals surface area contributed by atoms with Crippen LogP contribution in [-0.4, -0.2) is 18.2 Å². The normalized spacial score (nSPS) is 10.8. The molecule has 0 fully saturated rings. The lowest BCUT2D eigenvalue weighted by atomic mass is 10.0. The van der Waals surface area contributed by atoms with E-state index in [1.807, 2.05) is 38.1 Å². The van der Waals surface area contributed by atoms with Crippen LogP contribution in [-0.2, 0) is 6.61 Å². The van der Waals surface area contributed by atoms with Gasteiger partial charge < -0.3 is 19.3 Å². The molecule has 6 nitrogen and oxygen atoms in total. The summed E-state index contributed by atoms with van der Waals surface area (Å²) in [6, 6.07) is 12.9. The zero-order chi connectivity index (χ0) is 21.0. The van der Waals surface area contributed by atoms with E-state index in [4.69, 9.17) is 14.0 Å². The van der Waals surface area contributed by atoms with Gasteiger partial charge in [0.05, 0.1) is 18.4 Å². The molecule has 1 amide bonds. The fraction of sp³-hybridized carbons (Fsp3) is 0.304. The molecule has 2 aromatic carbocycles. The van der Waals surface area contributed by atoms with Gasteiger partial charge in [0, 0.05) is 11.3 Å². The molecule has 152 valence electrons. The number of carbonyl (C=O) groups is 1. The Morgan fingerprint density at radius 1 is 1.14 bits per heavy atom. The maximum atomic E-state index is 12.8. The van der Waals surface area contributed by atoms with Crippen molar-refractivity contribution >= 4 is 11.6 Å². The topological polar surface area (TPSA) is 73.6 Å². The molecule has 0 bridgehead atoms. The lowest BCUT2D eigenvalue weighted by Gasteiger charge is -2.15. The predicted molar refractivity (Wildman–Crippen MR) is 112 cm³/mol. The van der Waals surface area contributed by atoms with Gasteiger partial charge in [-0.2, -0.15) is 0 Å². The largest absolute Gasteiger partial charge is 0.493 e. The van der Waals surface area contributed by atoms with Gasteiger partial charge in [-0.05, 0) is 49.6 Å². The van der Waals surface area contributed by atoms with E-state index in [1.165, 1.54) is 0 Å². The molecule has 29 heavy (non-hydrogen) atoms. The second kappa shape index (κ2) is 8.82. The Labute approximate surface area is 170 Å². The number of amides is 1. The monoisotopic (exact) mass is 394 g/mol. The number of ether oxygens (including phenoxy) is 2. The van der Waals surface area contributed by atoms with Gasteiger partial charge in [0.1, 0.15) is 12.4 Å². The van der Waals surface area contributed by atoms with Crippen molar-refractivity contribution in [2.45, 2.75) is 40.2 Å². The number of nitrogens with zero attached hydrogens (tertiary/aromatic N) is 1. The lowest BCUT2D eigenvalue weighted by Crippen LogP contribution is -2.14. The van der Waals surface area contributed by atoms with E-state index >= 15 is 0 Å². The highest BCUT2D eigenvalue weighted by Gasteiger charge is 2.15. The third kappa shape index (κ3) is 4.59. The summed E-state index contributed by atoms with van der Waals surface area (Å²) in [5, 5.41) is 6.92. The molecule has 1 N–H and O–H groups in total. The standard InChI is InChI=1S/C23H26N2O4/c1-14(2)18-8-6-7-9-20(18)24-23(26)17-10-11-21(22(12-17)27-5)28-13-19-15(3)25-29-16(19)4/h6-12,14H,13H2,1-5H3,(H,24,26). The van der Waals surface area contributed by atoms with Gasteiger partial charge in [-0.25, -0.2) is 0 Å². The minimum absolute atomic E-state index is 0.200. The molecule has 6 heteroatoms. The van der Waals surface area contributed by atoms with Crippen molar-refractivity contribution in [1.29, 1.82) is 0 Å². The predicted octanol–water partition coefficient (Wildman–Crippen LogP) is 5.25. The van der Waals surface area contributed by atoms with Gasteiger partial charge in [0.2, 0.25) is 0 Å². The summed E-state index contributed by atoms with van der Waals surface area (Å²) >= 11 is 0. The lowest BCUT2D eigenvalue weighted by molar-refractivity contribution is 0.102. The second-order valence-corrected chi connectivity index (χ2v) is 7.15. The fourth-order valence-corrected chi connectivity index (χ4v) is 3.09. The Morgan fingerprint density at radius 3 is 2.55 bits per heavy atom. The Balaban J connectivity index is 1.77. The minimum Gasteiger partial charge on any atom is -0.493 e. The first-order chi connectivity index (χ1) is 13.9. The van der Waals surface area contributed by atoms with E-state index < -0.39 is 0 Å². The molecule has 0 radical (unpaired) electrons. The summed E-state index contributed by atoms with van der Waals surface area (Å²) in [4.78, 5) is 12.8. The van der Waals surface area contributed by atoms with Gasteiger partial charge in [-0.15, -0.1) is 0 Å². The van der Waals surface area contributed by atoms with Crippen LogP contribution in [0.1, 0.15) is 52.7 Å². The SMILES string of the molecule is COc1cc(C(=O)Nc2ccccc2C(C)C)ccc1OCc1c(C)noc1C. The highest BCUT2D eigenvalue weighted by molar-refractivity contribution is 6.05. The maximum absolute atomic E-state index is 12.8. The molecule has 0 aliphatic rings. The molecule has 0 spiro atoms. The van der Waals surface area contributed by atoms with Crippen LogP contribution in [0.25, 0.3) is 0 Å². The van der Waals surface area contributed by atoms with Crippen LogP contribution in [0.3, 0.4) is 0 Å². The van der Waals surface area contributed by atoms with Gasteiger partial charge in [0.25, 0.3) is 5.91 Å². The number of aromatic nitrogens is 1. The average Bonchev–Trinajstić information content (AvgIpc) is 3.04. The molecule has 3 aromatic rings.